The highest BCUT2D eigenvalue weighted by Gasteiger charge is 2.28. The zero-order valence-corrected chi connectivity index (χ0v) is 10.4. The van der Waals surface area contributed by atoms with Crippen molar-refractivity contribution < 1.29 is 15.0 Å². The first-order valence-corrected chi connectivity index (χ1v) is 6.02. The fraction of sp³-hybridized carbons (Fsp3) is 0. The van der Waals surface area contributed by atoms with Gasteiger partial charge in [-0.25, -0.2) is 4.79 Å². The molecule has 5 nitrogen and oxygen atoms in total. The molecular formula is C15H12N2O3. The summed E-state index contributed by atoms with van der Waals surface area (Å²) < 4.78 is 0. The lowest BCUT2D eigenvalue weighted by molar-refractivity contribution is 0.256. The van der Waals surface area contributed by atoms with Crippen molar-refractivity contribution in [2.45, 2.75) is 0 Å². The van der Waals surface area contributed by atoms with Crippen molar-refractivity contribution in [2.75, 3.05) is 4.90 Å². The van der Waals surface area contributed by atoms with E-state index in [1.807, 2.05) is 0 Å². The summed E-state index contributed by atoms with van der Waals surface area (Å²) in [6.07, 6.45) is 0. The number of hydrogen-bond acceptors (Lipinski definition) is 3. The zero-order valence-electron chi connectivity index (χ0n) is 10.4. The topological polar surface area (TPSA) is 86.8 Å². The van der Waals surface area contributed by atoms with Gasteiger partial charge in [0.25, 0.3) is 0 Å². The molecule has 0 atom stereocenters. The van der Waals surface area contributed by atoms with Crippen molar-refractivity contribution in [2.24, 2.45) is 5.73 Å². The van der Waals surface area contributed by atoms with Crippen molar-refractivity contribution in [3.05, 3.63) is 59.7 Å². The van der Waals surface area contributed by atoms with Gasteiger partial charge in [-0.15, -0.1) is 0 Å². The molecule has 0 aromatic heterocycles. The number of fused-ring (bicyclic) bond motifs is 2. The van der Waals surface area contributed by atoms with Crippen LogP contribution in [0.4, 0.5) is 16.2 Å². The van der Waals surface area contributed by atoms with Crippen molar-refractivity contribution in [1.82, 2.24) is 0 Å². The molecule has 3 rings (SSSR count). The lowest BCUT2D eigenvalue weighted by atomic mass is 10.1. The summed E-state index contributed by atoms with van der Waals surface area (Å²) in [6, 6.07) is 12.7. The third-order valence-electron chi connectivity index (χ3n) is 3.24. The Morgan fingerprint density at radius 2 is 1.25 bits per heavy atom. The summed E-state index contributed by atoms with van der Waals surface area (Å²) in [5.74, 6) is -0.561. The fourth-order valence-corrected chi connectivity index (χ4v) is 2.36. The number of carbonyl (C=O) groups is 1. The molecule has 0 spiro atoms. The maximum atomic E-state index is 11.8. The van der Waals surface area contributed by atoms with Crippen LogP contribution in [0.3, 0.4) is 0 Å². The maximum absolute atomic E-state index is 11.8. The van der Waals surface area contributed by atoms with E-state index >= 15 is 0 Å². The van der Waals surface area contributed by atoms with E-state index in [9.17, 15) is 15.0 Å². The average molecular weight is 268 g/mol. The first-order valence-electron chi connectivity index (χ1n) is 6.02. The molecule has 2 amide bonds. The molecule has 0 bridgehead atoms. The van der Waals surface area contributed by atoms with Crippen LogP contribution in [0.15, 0.2) is 48.5 Å². The predicted octanol–water partition coefficient (Wildman–Crippen LogP) is 3.16. The third kappa shape index (κ3) is 1.60. The molecule has 1 aliphatic heterocycles. The van der Waals surface area contributed by atoms with Crippen LogP contribution in [0.25, 0.3) is 11.5 Å². The first kappa shape index (κ1) is 12.1. The molecular weight excluding hydrogens is 256 g/mol. The number of anilines is 2. The average Bonchev–Trinajstić information content (AvgIpc) is 2.55. The Morgan fingerprint density at radius 3 is 1.65 bits per heavy atom. The monoisotopic (exact) mass is 268 g/mol. The van der Waals surface area contributed by atoms with Crippen molar-refractivity contribution >= 4 is 28.9 Å². The summed E-state index contributed by atoms with van der Waals surface area (Å²) >= 11 is 0. The molecule has 0 radical (unpaired) electrons. The Kier molecular flexibility index (Phi) is 2.61. The normalized spacial score (nSPS) is 13.5. The Labute approximate surface area is 115 Å². The minimum absolute atomic E-state index is 0.281. The second-order valence-electron chi connectivity index (χ2n) is 4.41. The van der Waals surface area contributed by atoms with Gasteiger partial charge in [0.05, 0.1) is 11.4 Å². The quantitative estimate of drug-likeness (QED) is 0.685. The van der Waals surface area contributed by atoms with Crippen LogP contribution in [0.5, 0.6) is 0 Å². The summed E-state index contributed by atoms with van der Waals surface area (Å²) in [4.78, 5) is 13.1. The summed E-state index contributed by atoms with van der Waals surface area (Å²) in [5, 5.41) is 20.4. The second-order valence-corrected chi connectivity index (χ2v) is 4.41. The number of carbonyl (C=O) groups excluding carboxylic acids is 1. The highest BCUT2D eigenvalue weighted by atomic mass is 16.3. The highest BCUT2D eigenvalue weighted by Crippen LogP contribution is 2.41. The zero-order chi connectivity index (χ0) is 14.3. The Bertz CT molecular complexity index is 682. The summed E-state index contributed by atoms with van der Waals surface area (Å²) in [6.45, 7) is 0. The smallest absolute Gasteiger partial charge is 0.323 e. The first-order chi connectivity index (χ1) is 9.61. The van der Waals surface area contributed by atoms with Gasteiger partial charge in [0.1, 0.15) is 0 Å². The maximum Gasteiger partial charge on any atom is 0.323 e. The molecule has 0 aliphatic carbocycles. The van der Waals surface area contributed by atoms with Crippen molar-refractivity contribution in [1.29, 1.82) is 0 Å². The molecule has 1 heterocycles. The van der Waals surface area contributed by atoms with E-state index in [-0.39, 0.29) is 11.5 Å². The number of aliphatic hydroxyl groups excluding tert-OH is 2. The van der Waals surface area contributed by atoms with E-state index in [4.69, 9.17) is 5.73 Å². The molecule has 0 saturated heterocycles. The third-order valence-corrected chi connectivity index (χ3v) is 3.24. The van der Waals surface area contributed by atoms with E-state index in [1.165, 1.54) is 4.90 Å². The number of nitrogens with zero attached hydrogens (tertiary/aromatic N) is 1. The van der Waals surface area contributed by atoms with Gasteiger partial charge in [-0.05, 0) is 24.3 Å². The van der Waals surface area contributed by atoms with Gasteiger partial charge >= 0.3 is 6.03 Å². The van der Waals surface area contributed by atoms with Crippen LogP contribution in [0, 0.1) is 0 Å². The van der Waals surface area contributed by atoms with Crippen LogP contribution in [-0.2, 0) is 0 Å². The van der Waals surface area contributed by atoms with Gasteiger partial charge in [0.15, 0.2) is 11.5 Å². The van der Waals surface area contributed by atoms with E-state index < -0.39 is 6.03 Å². The Morgan fingerprint density at radius 1 is 0.850 bits per heavy atom. The summed E-state index contributed by atoms with van der Waals surface area (Å²) in [7, 11) is 0. The largest absolute Gasteiger partial charge is 0.504 e. The number of urea groups is 1. The van der Waals surface area contributed by atoms with Crippen LogP contribution >= 0.6 is 0 Å². The number of hydrogen-bond donors (Lipinski definition) is 3. The molecule has 0 fully saturated rings. The van der Waals surface area contributed by atoms with Crippen LogP contribution in [0.1, 0.15) is 11.1 Å². The standard InChI is InChI=1S/C15H12N2O3/c16-15(20)17-11-7-3-1-5-9(11)13(18)14(19)10-6-2-4-8-12(10)17/h1-8,18-19H,(H2,16,20). The molecule has 0 saturated carbocycles. The minimum Gasteiger partial charge on any atom is -0.504 e. The number of aliphatic hydroxyl groups is 2. The molecule has 100 valence electrons. The van der Waals surface area contributed by atoms with Crippen LogP contribution in [-0.4, -0.2) is 16.2 Å². The van der Waals surface area contributed by atoms with Crippen LogP contribution in [0.2, 0.25) is 0 Å². The van der Waals surface area contributed by atoms with Gasteiger partial charge in [-0.3, -0.25) is 4.90 Å². The van der Waals surface area contributed by atoms with Gasteiger partial charge in [-0.2, -0.15) is 0 Å². The summed E-state index contributed by atoms with van der Waals surface area (Å²) in [5.41, 5.74) is 7.01. The van der Waals surface area contributed by atoms with Crippen molar-refractivity contribution in [3.8, 4) is 0 Å². The van der Waals surface area contributed by atoms with E-state index in [0.717, 1.165) is 0 Å². The molecule has 5 heteroatoms. The minimum atomic E-state index is -0.688. The molecule has 2 aromatic carbocycles. The SMILES string of the molecule is NC(=O)N1c2ccccc2C(O)=C(O)c2ccccc21. The lowest BCUT2D eigenvalue weighted by Crippen LogP contribution is -2.32. The molecule has 1 aliphatic rings. The fourth-order valence-electron chi connectivity index (χ4n) is 2.36. The number of benzene rings is 2. The number of primary amides is 1. The number of amides is 2. The highest BCUT2D eigenvalue weighted by molar-refractivity contribution is 6.07. The van der Waals surface area contributed by atoms with Gasteiger partial charge in [0, 0.05) is 11.1 Å². The van der Waals surface area contributed by atoms with Crippen molar-refractivity contribution in [3.63, 3.8) is 0 Å². The number of nitrogens with two attached hydrogens (primary N) is 1. The second kappa shape index (κ2) is 4.31. The van der Waals surface area contributed by atoms with Crippen LogP contribution < -0.4 is 10.6 Å². The molecule has 2 aromatic rings. The number of para-hydroxylation sites is 2. The molecule has 20 heavy (non-hydrogen) atoms. The lowest BCUT2D eigenvalue weighted by Gasteiger charge is -2.22. The van der Waals surface area contributed by atoms with E-state index in [1.54, 1.807) is 48.5 Å². The van der Waals surface area contributed by atoms with Gasteiger partial charge in [-0.1, -0.05) is 24.3 Å². The van der Waals surface area contributed by atoms with Gasteiger partial charge in [0.2, 0.25) is 0 Å². The van der Waals surface area contributed by atoms with E-state index in [2.05, 4.69) is 0 Å². The predicted molar refractivity (Wildman–Crippen MR) is 76.7 cm³/mol. The van der Waals surface area contributed by atoms with Gasteiger partial charge < -0.3 is 15.9 Å². The van der Waals surface area contributed by atoms with E-state index in [0.29, 0.717) is 22.5 Å². The molecule has 4 N–H and O–H groups in total. The Balaban J connectivity index is 2.42. The molecule has 0 unspecified atom stereocenters. The number of rotatable bonds is 0. The Hall–Kier alpha value is -2.95.